The van der Waals surface area contributed by atoms with Crippen LogP contribution in [0.3, 0.4) is 0 Å². The smallest absolute Gasteiger partial charge is 0.346 e. The van der Waals surface area contributed by atoms with Crippen LogP contribution in [0.2, 0.25) is 10.0 Å². The summed E-state index contributed by atoms with van der Waals surface area (Å²) < 4.78 is 7.27. The Morgan fingerprint density at radius 2 is 1.86 bits per heavy atom. The quantitative estimate of drug-likeness (QED) is 0.210. The highest BCUT2D eigenvalue weighted by Gasteiger charge is 2.36. The molecule has 36 heavy (non-hydrogen) atoms. The largest absolute Gasteiger partial charge is 0.414 e. The van der Waals surface area contributed by atoms with E-state index in [1.165, 1.54) is 4.52 Å². The number of halogens is 2. The molecule has 9 heteroatoms. The normalized spacial score (nSPS) is 22.4. The Kier molecular flexibility index (Phi) is 7.23. The van der Waals surface area contributed by atoms with E-state index in [1.54, 1.807) is 32.0 Å². The zero-order valence-electron chi connectivity index (χ0n) is 21.1. The zero-order chi connectivity index (χ0) is 26.4. The number of aldehydes is 1. The van der Waals surface area contributed by atoms with E-state index in [2.05, 4.69) is 30.7 Å². The van der Waals surface area contributed by atoms with Crippen LogP contribution in [0.15, 0.2) is 18.2 Å². The monoisotopic (exact) mass is 528 g/mol. The number of aromatic nitrogens is 3. The van der Waals surface area contributed by atoms with Gasteiger partial charge in [0.25, 0.3) is 5.69 Å². The first-order valence-corrected chi connectivity index (χ1v) is 12.9. The van der Waals surface area contributed by atoms with Gasteiger partial charge in [-0.3, -0.25) is 5.10 Å². The number of hydrogen-bond donors (Lipinski definition) is 1. The van der Waals surface area contributed by atoms with Gasteiger partial charge >= 0.3 is 5.97 Å². The minimum atomic E-state index is -0.900. The van der Waals surface area contributed by atoms with Crippen molar-refractivity contribution in [2.24, 2.45) is 23.7 Å². The van der Waals surface area contributed by atoms with Gasteiger partial charge in [-0.25, -0.2) is 19.1 Å². The van der Waals surface area contributed by atoms with Crippen LogP contribution in [0.25, 0.3) is 10.5 Å². The maximum Gasteiger partial charge on any atom is 0.346 e. The van der Waals surface area contributed by atoms with Crippen molar-refractivity contribution in [3.05, 3.63) is 56.6 Å². The van der Waals surface area contributed by atoms with Crippen molar-refractivity contribution in [2.45, 2.75) is 59.3 Å². The molecule has 1 N–H and O–H groups in total. The number of rotatable bonds is 6. The fourth-order valence-electron chi connectivity index (χ4n) is 5.52. The Bertz CT molecular complexity index is 1340. The van der Waals surface area contributed by atoms with Gasteiger partial charge in [-0.05, 0) is 68.9 Å². The molecule has 0 bridgehead atoms. The highest BCUT2D eigenvalue weighted by atomic mass is 35.5. The minimum absolute atomic E-state index is 0.0147. The standard InChI is InChI=1S/C27H30Cl2N4O3/c1-14-10-15(2)17(16(3)11-14)12-18-22(30-6)24(33-23(18)31-26(32-33)27(4,5)13-34)36-25(35)21-19(28)8-7-9-20(21)29/h7-9,13-17H,10-12H2,1-5H3,(H,31,32). The third-order valence-corrected chi connectivity index (χ3v) is 8.06. The van der Waals surface area contributed by atoms with Gasteiger partial charge in [0, 0.05) is 5.56 Å². The molecule has 0 radical (unpaired) electrons. The molecule has 2 atom stereocenters. The van der Waals surface area contributed by atoms with E-state index in [-0.39, 0.29) is 27.2 Å². The molecule has 1 aliphatic rings. The molecule has 190 valence electrons. The number of nitrogens with zero attached hydrogens (tertiary/aromatic N) is 3. The lowest BCUT2D eigenvalue weighted by Crippen LogP contribution is -2.30. The van der Waals surface area contributed by atoms with Crippen molar-refractivity contribution in [2.75, 3.05) is 0 Å². The number of ether oxygens (including phenoxy) is 1. The zero-order valence-corrected chi connectivity index (χ0v) is 22.6. The predicted molar refractivity (Wildman–Crippen MR) is 140 cm³/mol. The van der Waals surface area contributed by atoms with E-state index in [9.17, 15) is 9.59 Å². The second kappa shape index (κ2) is 9.91. The molecule has 0 saturated heterocycles. The lowest BCUT2D eigenvalue weighted by atomic mass is 9.67. The number of aromatic amines is 1. The number of H-pyrrole nitrogens is 1. The molecule has 3 aromatic rings. The van der Waals surface area contributed by atoms with Gasteiger partial charge in [0.15, 0.2) is 0 Å². The van der Waals surface area contributed by atoms with Crippen LogP contribution in [0.1, 0.15) is 69.2 Å². The number of benzene rings is 1. The van der Waals surface area contributed by atoms with Gasteiger partial charge in [0.2, 0.25) is 5.88 Å². The molecule has 0 aliphatic heterocycles. The molecule has 1 aromatic carbocycles. The molecule has 4 rings (SSSR count). The van der Waals surface area contributed by atoms with Gasteiger partial charge in [0.1, 0.15) is 17.8 Å². The van der Waals surface area contributed by atoms with Gasteiger partial charge in [-0.2, -0.15) is 0 Å². The van der Waals surface area contributed by atoms with E-state index < -0.39 is 11.4 Å². The summed E-state index contributed by atoms with van der Waals surface area (Å²) in [5.41, 5.74) is 0.531. The predicted octanol–water partition coefficient (Wildman–Crippen LogP) is 7.08. The number of esters is 1. The highest BCUT2D eigenvalue weighted by molar-refractivity contribution is 6.39. The summed E-state index contributed by atoms with van der Waals surface area (Å²) in [5, 5.41) is 3.39. The summed E-state index contributed by atoms with van der Waals surface area (Å²) in [6.45, 7) is 18.3. The van der Waals surface area contributed by atoms with Crippen LogP contribution in [0, 0.1) is 30.2 Å². The van der Waals surface area contributed by atoms with E-state index in [4.69, 9.17) is 39.5 Å². The molecule has 7 nitrogen and oxygen atoms in total. The fourth-order valence-corrected chi connectivity index (χ4v) is 6.07. The molecule has 0 amide bonds. The number of fused-ring (bicyclic) bond motifs is 1. The third-order valence-electron chi connectivity index (χ3n) is 7.43. The maximum absolute atomic E-state index is 13.2. The van der Waals surface area contributed by atoms with Crippen LogP contribution in [0.4, 0.5) is 5.69 Å². The first-order valence-electron chi connectivity index (χ1n) is 12.1. The van der Waals surface area contributed by atoms with Crippen molar-refractivity contribution < 1.29 is 14.3 Å². The van der Waals surface area contributed by atoms with Crippen molar-refractivity contribution in [3.8, 4) is 5.88 Å². The SMILES string of the molecule is [C-]#[N+]c1c(CC2C(C)CC(C)CC2C)c2nc(C(C)(C)C=O)[nH]n2c1OC(=O)c1c(Cl)cccc1Cl. The fraction of sp³-hybridized carbons (Fsp3) is 0.481. The Morgan fingerprint density at radius 1 is 1.25 bits per heavy atom. The van der Waals surface area contributed by atoms with Gasteiger partial charge in [0.05, 0.1) is 27.6 Å². The van der Waals surface area contributed by atoms with Gasteiger partial charge < -0.3 is 9.53 Å². The van der Waals surface area contributed by atoms with Crippen LogP contribution in [-0.2, 0) is 16.6 Å². The molecular weight excluding hydrogens is 499 g/mol. The van der Waals surface area contributed by atoms with Crippen molar-refractivity contribution in [1.82, 2.24) is 14.6 Å². The molecule has 2 unspecified atom stereocenters. The summed E-state index contributed by atoms with van der Waals surface area (Å²) in [6, 6.07) is 4.73. The van der Waals surface area contributed by atoms with Crippen molar-refractivity contribution in [1.29, 1.82) is 0 Å². The average molecular weight is 529 g/mol. The second-order valence-electron chi connectivity index (χ2n) is 10.7. The average Bonchev–Trinajstić information content (AvgIpc) is 3.35. The minimum Gasteiger partial charge on any atom is -0.414 e. The van der Waals surface area contributed by atoms with E-state index in [0.717, 1.165) is 19.1 Å². The van der Waals surface area contributed by atoms with Gasteiger partial charge in [-0.1, -0.05) is 50.0 Å². The molecule has 1 fully saturated rings. The lowest BCUT2D eigenvalue weighted by molar-refractivity contribution is -0.111. The molecule has 0 spiro atoms. The lowest BCUT2D eigenvalue weighted by Gasteiger charge is -2.38. The summed E-state index contributed by atoms with van der Waals surface area (Å²) in [7, 11) is 0. The Morgan fingerprint density at radius 3 is 2.42 bits per heavy atom. The third kappa shape index (κ3) is 4.65. The highest BCUT2D eigenvalue weighted by Crippen LogP contribution is 2.45. The number of hydrogen-bond acceptors (Lipinski definition) is 4. The molecule has 1 saturated carbocycles. The summed E-state index contributed by atoms with van der Waals surface area (Å²) in [5.74, 6) is 1.58. The Labute approximate surface area is 220 Å². The summed E-state index contributed by atoms with van der Waals surface area (Å²) in [4.78, 5) is 33.4. The first-order chi connectivity index (χ1) is 17.0. The molecule has 2 heterocycles. The summed E-state index contributed by atoms with van der Waals surface area (Å²) >= 11 is 12.5. The van der Waals surface area contributed by atoms with Crippen LogP contribution >= 0.6 is 23.2 Å². The maximum atomic E-state index is 13.2. The molecule has 2 aromatic heterocycles. The second-order valence-corrected chi connectivity index (χ2v) is 11.5. The topological polar surface area (TPSA) is 80.8 Å². The van der Waals surface area contributed by atoms with E-state index >= 15 is 0 Å². The van der Waals surface area contributed by atoms with Crippen molar-refractivity contribution >= 4 is 46.8 Å². The number of nitrogens with one attached hydrogen (secondary N) is 1. The van der Waals surface area contributed by atoms with Crippen molar-refractivity contribution in [3.63, 3.8) is 0 Å². The van der Waals surface area contributed by atoms with Crippen LogP contribution in [-0.4, -0.2) is 26.9 Å². The first kappa shape index (κ1) is 26.2. The van der Waals surface area contributed by atoms with Gasteiger partial charge in [-0.15, -0.1) is 0 Å². The van der Waals surface area contributed by atoms with E-state index in [0.29, 0.717) is 47.1 Å². The Hall–Kier alpha value is -2.82. The number of carbonyl (C=O) groups is 2. The van der Waals surface area contributed by atoms with Crippen LogP contribution < -0.4 is 4.74 Å². The summed E-state index contributed by atoms with van der Waals surface area (Å²) in [6.07, 6.45) is 3.67. The molecular formula is C27H30Cl2N4O3. The Balaban J connectivity index is 1.85. The van der Waals surface area contributed by atoms with Crippen LogP contribution in [0.5, 0.6) is 5.88 Å². The number of carbonyl (C=O) groups excluding carboxylic acids is 2. The molecule has 1 aliphatic carbocycles. The van der Waals surface area contributed by atoms with E-state index in [1.807, 2.05) is 0 Å².